The van der Waals surface area contributed by atoms with Crippen molar-refractivity contribution in [2.75, 3.05) is 12.4 Å². The average Bonchev–Trinajstić information content (AvgIpc) is 2.98. The van der Waals surface area contributed by atoms with E-state index in [2.05, 4.69) is 65.4 Å². The van der Waals surface area contributed by atoms with Crippen LogP contribution in [0.25, 0.3) is 11.0 Å². The van der Waals surface area contributed by atoms with Crippen LogP contribution in [-0.4, -0.2) is 38.1 Å². The van der Waals surface area contributed by atoms with E-state index in [1.165, 1.54) is 24.6 Å². The summed E-state index contributed by atoms with van der Waals surface area (Å²) in [5, 5.41) is 5.20. The zero-order valence-corrected chi connectivity index (χ0v) is 19.5. The van der Waals surface area contributed by atoms with Crippen molar-refractivity contribution >= 4 is 51.4 Å². The number of rotatable bonds is 11. The molecule has 2 aromatic rings. The second kappa shape index (κ2) is 11.2. The molecule has 27 heavy (non-hydrogen) atoms. The zero-order valence-electron chi connectivity index (χ0n) is 16.6. The quantitative estimate of drug-likeness (QED) is 0.180. The SMILES string of the molecule is CCCCC(CC)COC(=O)CCSc1ncc2c(n1)c(I)nn2C(C)C. The van der Waals surface area contributed by atoms with Gasteiger partial charge in [-0.25, -0.2) is 9.97 Å². The number of ether oxygens (including phenoxy) is 1. The number of esters is 1. The third kappa shape index (κ3) is 6.58. The zero-order chi connectivity index (χ0) is 19.8. The van der Waals surface area contributed by atoms with E-state index in [1.54, 1.807) is 0 Å². The number of hydrogen-bond donors (Lipinski definition) is 0. The van der Waals surface area contributed by atoms with Crippen molar-refractivity contribution in [2.45, 2.75) is 71.0 Å². The van der Waals surface area contributed by atoms with Crippen molar-refractivity contribution in [1.82, 2.24) is 19.7 Å². The van der Waals surface area contributed by atoms with Gasteiger partial charge in [-0.1, -0.05) is 44.9 Å². The molecule has 0 aliphatic rings. The van der Waals surface area contributed by atoms with E-state index >= 15 is 0 Å². The number of carbonyl (C=O) groups is 1. The first-order valence-electron chi connectivity index (χ1n) is 9.65. The van der Waals surface area contributed by atoms with Crippen molar-refractivity contribution in [1.29, 1.82) is 0 Å². The molecule has 0 aliphatic heterocycles. The number of carbonyl (C=O) groups excluding carboxylic acids is 1. The van der Waals surface area contributed by atoms with Crippen LogP contribution in [0.3, 0.4) is 0 Å². The molecule has 2 aromatic heterocycles. The predicted octanol–water partition coefficient (Wildman–Crippen LogP) is 5.25. The molecule has 150 valence electrons. The van der Waals surface area contributed by atoms with E-state index in [0.29, 0.717) is 29.9 Å². The molecule has 0 N–H and O–H groups in total. The smallest absolute Gasteiger partial charge is 0.306 e. The first-order chi connectivity index (χ1) is 13.0. The molecule has 0 aromatic carbocycles. The van der Waals surface area contributed by atoms with E-state index in [0.717, 1.165) is 27.6 Å². The Labute approximate surface area is 179 Å². The van der Waals surface area contributed by atoms with E-state index in [-0.39, 0.29) is 12.0 Å². The molecule has 1 atom stereocenters. The molecule has 2 heterocycles. The molecular weight excluding hydrogens is 475 g/mol. The number of aromatic nitrogens is 4. The van der Waals surface area contributed by atoms with Gasteiger partial charge in [-0.3, -0.25) is 9.48 Å². The predicted molar refractivity (Wildman–Crippen MR) is 118 cm³/mol. The summed E-state index contributed by atoms with van der Waals surface area (Å²) in [7, 11) is 0. The van der Waals surface area contributed by atoms with E-state index in [4.69, 9.17) is 4.74 Å². The van der Waals surface area contributed by atoms with Crippen LogP contribution >= 0.6 is 34.4 Å². The largest absolute Gasteiger partial charge is 0.465 e. The lowest BCUT2D eigenvalue weighted by Gasteiger charge is -2.14. The normalized spacial score (nSPS) is 12.7. The maximum absolute atomic E-state index is 12.0. The monoisotopic (exact) mass is 504 g/mol. The van der Waals surface area contributed by atoms with Crippen LogP contribution in [0.2, 0.25) is 0 Å². The fraction of sp³-hybridized carbons (Fsp3) is 0.684. The van der Waals surface area contributed by atoms with Crippen LogP contribution in [0, 0.1) is 9.62 Å². The summed E-state index contributed by atoms with van der Waals surface area (Å²) >= 11 is 3.68. The third-order valence-electron chi connectivity index (χ3n) is 4.43. The van der Waals surface area contributed by atoms with Gasteiger partial charge in [-0.05, 0) is 48.8 Å². The molecule has 0 spiro atoms. The molecule has 0 saturated heterocycles. The van der Waals surface area contributed by atoms with Gasteiger partial charge in [0.25, 0.3) is 0 Å². The number of hydrogen-bond acceptors (Lipinski definition) is 6. The molecule has 1 unspecified atom stereocenters. The molecule has 0 aliphatic carbocycles. The molecule has 0 radical (unpaired) electrons. The van der Waals surface area contributed by atoms with Crippen molar-refractivity contribution in [2.24, 2.45) is 5.92 Å². The summed E-state index contributed by atoms with van der Waals surface area (Å²) in [6.45, 7) is 9.05. The van der Waals surface area contributed by atoms with Gasteiger partial charge >= 0.3 is 5.97 Å². The first kappa shape index (κ1) is 22.4. The Hall–Kier alpha value is -0.900. The Morgan fingerprint density at radius 2 is 2.15 bits per heavy atom. The standard InChI is InChI=1S/C19H29IN4O2S/c1-5-7-8-14(6-2)12-26-16(25)9-10-27-19-21-11-15-17(22-19)18(20)23-24(15)13(3)4/h11,13-14H,5-10,12H2,1-4H3. The molecular formula is C19H29IN4O2S. The number of fused-ring (bicyclic) bond motifs is 1. The Morgan fingerprint density at radius 1 is 1.37 bits per heavy atom. The topological polar surface area (TPSA) is 69.9 Å². The van der Waals surface area contributed by atoms with Crippen LogP contribution in [0.5, 0.6) is 0 Å². The van der Waals surface area contributed by atoms with Crippen molar-refractivity contribution in [3.63, 3.8) is 0 Å². The van der Waals surface area contributed by atoms with Gasteiger partial charge in [0, 0.05) is 11.8 Å². The summed E-state index contributed by atoms with van der Waals surface area (Å²) in [6.07, 6.45) is 6.75. The van der Waals surface area contributed by atoms with Crippen LogP contribution in [0.1, 0.15) is 65.8 Å². The maximum Gasteiger partial charge on any atom is 0.306 e. The van der Waals surface area contributed by atoms with E-state index in [9.17, 15) is 4.79 Å². The van der Waals surface area contributed by atoms with Crippen molar-refractivity contribution in [3.8, 4) is 0 Å². The molecule has 2 rings (SSSR count). The van der Waals surface area contributed by atoms with Gasteiger partial charge in [-0.15, -0.1) is 0 Å². The maximum atomic E-state index is 12.0. The number of nitrogens with zero attached hydrogens (tertiary/aromatic N) is 4. The molecule has 0 amide bonds. The highest BCUT2D eigenvalue weighted by atomic mass is 127. The Morgan fingerprint density at radius 3 is 2.81 bits per heavy atom. The minimum Gasteiger partial charge on any atom is -0.465 e. The van der Waals surface area contributed by atoms with Crippen molar-refractivity contribution < 1.29 is 9.53 Å². The lowest BCUT2D eigenvalue weighted by Crippen LogP contribution is -2.14. The van der Waals surface area contributed by atoms with Gasteiger partial charge in [0.15, 0.2) is 5.16 Å². The molecule has 0 fully saturated rings. The summed E-state index contributed by atoms with van der Waals surface area (Å²) in [4.78, 5) is 21.0. The van der Waals surface area contributed by atoms with Crippen molar-refractivity contribution in [3.05, 3.63) is 9.90 Å². The van der Waals surface area contributed by atoms with Gasteiger partial charge in [0.1, 0.15) is 14.7 Å². The Balaban J connectivity index is 1.83. The summed E-state index contributed by atoms with van der Waals surface area (Å²) in [6, 6.07) is 0.261. The third-order valence-corrected chi connectivity index (χ3v) is 6.02. The summed E-state index contributed by atoms with van der Waals surface area (Å²) in [5.74, 6) is 0.956. The van der Waals surface area contributed by atoms with E-state index < -0.39 is 0 Å². The lowest BCUT2D eigenvalue weighted by molar-refractivity contribution is -0.144. The minimum atomic E-state index is -0.138. The Bertz CT molecular complexity index is 751. The average molecular weight is 504 g/mol. The minimum absolute atomic E-state index is 0.138. The van der Waals surface area contributed by atoms with Gasteiger partial charge in [-0.2, -0.15) is 5.10 Å². The van der Waals surface area contributed by atoms with Crippen LogP contribution < -0.4 is 0 Å². The van der Waals surface area contributed by atoms with Gasteiger partial charge < -0.3 is 4.74 Å². The van der Waals surface area contributed by atoms with Gasteiger partial charge in [0.05, 0.1) is 19.2 Å². The highest BCUT2D eigenvalue weighted by Crippen LogP contribution is 2.24. The molecule has 8 heteroatoms. The highest BCUT2D eigenvalue weighted by molar-refractivity contribution is 14.1. The van der Waals surface area contributed by atoms with Crippen LogP contribution in [-0.2, 0) is 9.53 Å². The summed E-state index contributed by atoms with van der Waals surface area (Å²) in [5.41, 5.74) is 1.81. The Kier molecular flexibility index (Phi) is 9.28. The second-order valence-electron chi connectivity index (χ2n) is 6.91. The number of halogens is 1. The molecule has 6 nitrogen and oxygen atoms in total. The second-order valence-corrected chi connectivity index (χ2v) is 9.00. The highest BCUT2D eigenvalue weighted by Gasteiger charge is 2.14. The summed E-state index contributed by atoms with van der Waals surface area (Å²) < 4.78 is 8.25. The van der Waals surface area contributed by atoms with Gasteiger partial charge in [0.2, 0.25) is 0 Å². The number of unbranched alkanes of at least 4 members (excludes halogenated alkanes) is 1. The first-order valence-corrected chi connectivity index (χ1v) is 11.7. The number of thioether (sulfide) groups is 1. The van der Waals surface area contributed by atoms with E-state index in [1.807, 2.05) is 10.9 Å². The fourth-order valence-electron chi connectivity index (χ4n) is 2.74. The van der Waals surface area contributed by atoms with Crippen LogP contribution in [0.4, 0.5) is 0 Å². The molecule has 0 bridgehead atoms. The van der Waals surface area contributed by atoms with Crippen LogP contribution in [0.15, 0.2) is 11.4 Å². The fourth-order valence-corrected chi connectivity index (χ4v) is 4.11. The molecule has 0 saturated carbocycles. The lowest BCUT2D eigenvalue weighted by atomic mass is 10.0.